The first-order valence-electron chi connectivity index (χ1n) is 11.0. The van der Waals surface area contributed by atoms with Crippen molar-refractivity contribution >= 4 is 12.1 Å². The third kappa shape index (κ3) is 3.12. The Hall–Kier alpha value is -2.25. The summed E-state index contributed by atoms with van der Waals surface area (Å²) >= 11 is 0. The number of halogens is 3. The summed E-state index contributed by atoms with van der Waals surface area (Å²) in [5.41, 5.74) is -2.32. The summed E-state index contributed by atoms with van der Waals surface area (Å²) in [6, 6.07) is 2.17. The number of carboxylic acid groups (broad SMARTS) is 1. The van der Waals surface area contributed by atoms with Gasteiger partial charge < -0.3 is 14.6 Å². The van der Waals surface area contributed by atoms with Gasteiger partial charge in [0.15, 0.2) is 0 Å². The molecule has 4 saturated carbocycles. The Labute approximate surface area is 177 Å². The fraction of sp³-hybridized carbons (Fsp3) is 0.652. The highest BCUT2D eigenvalue weighted by atomic mass is 19.4. The first-order valence-corrected chi connectivity index (χ1v) is 11.0. The quantitative estimate of drug-likeness (QED) is 0.367. The van der Waals surface area contributed by atoms with Gasteiger partial charge in [0.2, 0.25) is 0 Å². The van der Waals surface area contributed by atoms with Gasteiger partial charge in [0.05, 0.1) is 11.1 Å². The molecule has 8 heteroatoms. The SMILES string of the molecule is CCC1(OC(=O)Oc2cc(C(=O)O)ccc2C(F)(F)F)CC2CC1C1C3CCC(C3)C21. The van der Waals surface area contributed by atoms with Crippen LogP contribution in [0.2, 0.25) is 0 Å². The van der Waals surface area contributed by atoms with Crippen molar-refractivity contribution in [3.05, 3.63) is 29.3 Å². The third-order valence-electron chi connectivity index (χ3n) is 8.51. The molecule has 4 bridgehead atoms. The summed E-state index contributed by atoms with van der Waals surface area (Å²) in [6.07, 6.45) is 0.0998. The standard InChI is InChI=1S/C23H25F3O5/c1-2-22(10-14-8-16(22)19-12-4-3-11(7-12)18(14)19)31-21(29)30-17-9-13(20(27)28)5-6-15(17)23(24,25)26/h5-6,9,11-12,14,16,18-19H,2-4,7-8,10H2,1H3,(H,27,28). The number of benzene rings is 1. The number of hydrogen-bond donors (Lipinski definition) is 1. The molecule has 0 amide bonds. The van der Waals surface area contributed by atoms with Gasteiger partial charge in [0.1, 0.15) is 11.4 Å². The number of carboxylic acids is 1. The second-order valence-electron chi connectivity index (χ2n) is 9.68. The van der Waals surface area contributed by atoms with Crippen LogP contribution in [-0.2, 0) is 10.9 Å². The smallest absolute Gasteiger partial charge is 0.478 e. The maximum Gasteiger partial charge on any atom is 0.514 e. The molecule has 0 radical (unpaired) electrons. The van der Waals surface area contributed by atoms with Gasteiger partial charge in [-0.3, -0.25) is 0 Å². The molecule has 0 aromatic heterocycles. The largest absolute Gasteiger partial charge is 0.514 e. The van der Waals surface area contributed by atoms with E-state index in [0.717, 1.165) is 30.9 Å². The van der Waals surface area contributed by atoms with E-state index in [0.29, 0.717) is 36.2 Å². The molecule has 7 atom stereocenters. The van der Waals surface area contributed by atoms with E-state index >= 15 is 0 Å². The molecule has 7 unspecified atom stereocenters. The minimum Gasteiger partial charge on any atom is -0.478 e. The lowest BCUT2D eigenvalue weighted by atomic mass is 9.65. The monoisotopic (exact) mass is 438 g/mol. The number of ether oxygens (including phenoxy) is 2. The molecule has 5 nitrogen and oxygen atoms in total. The van der Waals surface area contributed by atoms with Crippen molar-refractivity contribution in [2.45, 2.75) is 57.2 Å². The van der Waals surface area contributed by atoms with Gasteiger partial charge in [0.25, 0.3) is 0 Å². The van der Waals surface area contributed by atoms with Crippen LogP contribution in [0.1, 0.15) is 61.4 Å². The van der Waals surface area contributed by atoms with Crippen LogP contribution in [0.25, 0.3) is 0 Å². The average Bonchev–Trinajstić information content (AvgIpc) is 3.45. The zero-order valence-electron chi connectivity index (χ0n) is 17.2. The van der Waals surface area contributed by atoms with Crippen LogP contribution in [-0.4, -0.2) is 22.8 Å². The highest BCUT2D eigenvalue weighted by Gasteiger charge is 2.67. The number of rotatable bonds is 4. The molecule has 1 aromatic rings. The van der Waals surface area contributed by atoms with E-state index in [2.05, 4.69) is 0 Å². The summed E-state index contributed by atoms with van der Waals surface area (Å²) in [6.45, 7) is 1.95. The Bertz CT molecular complexity index is 928. The molecule has 0 saturated heterocycles. The molecule has 4 aliphatic carbocycles. The average molecular weight is 438 g/mol. The zero-order valence-corrected chi connectivity index (χ0v) is 17.2. The van der Waals surface area contributed by atoms with Crippen molar-refractivity contribution in [3.8, 4) is 5.75 Å². The van der Waals surface area contributed by atoms with Crippen LogP contribution in [0, 0.1) is 35.5 Å². The van der Waals surface area contributed by atoms with Crippen LogP contribution in [0.5, 0.6) is 5.75 Å². The second-order valence-corrected chi connectivity index (χ2v) is 9.68. The number of fused-ring (bicyclic) bond motifs is 9. The highest BCUT2D eigenvalue weighted by Crippen LogP contribution is 2.70. The Morgan fingerprint density at radius 3 is 2.48 bits per heavy atom. The molecular weight excluding hydrogens is 413 g/mol. The Morgan fingerprint density at radius 1 is 1.13 bits per heavy atom. The molecule has 168 valence electrons. The van der Waals surface area contributed by atoms with E-state index in [1.165, 1.54) is 19.3 Å². The molecule has 5 rings (SSSR count). The molecule has 1 N–H and O–H groups in total. The minimum atomic E-state index is -4.79. The summed E-state index contributed by atoms with van der Waals surface area (Å²) < 4.78 is 50.8. The van der Waals surface area contributed by atoms with Crippen molar-refractivity contribution < 1.29 is 37.3 Å². The van der Waals surface area contributed by atoms with Gasteiger partial charge in [-0.25, -0.2) is 9.59 Å². The summed E-state index contributed by atoms with van der Waals surface area (Å²) in [4.78, 5) is 23.8. The predicted octanol–water partition coefficient (Wildman–Crippen LogP) is 5.77. The van der Waals surface area contributed by atoms with Gasteiger partial charge in [-0.05, 0) is 86.3 Å². The van der Waals surface area contributed by atoms with E-state index in [-0.39, 0.29) is 5.92 Å². The van der Waals surface area contributed by atoms with Gasteiger partial charge in [0, 0.05) is 5.92 Å². The topological polar surface area (TPSA) is 72.8 Å². The van der Waals surface area contributed by atoms with E-state index in [1.807, 2.05) is 6.92 Å². The summed E-state index contributed by atoms with van der Waals surface area (Å²) in [5, 5.41) is 9.10. The fourth-order valence-electron chi connectivity index (χ4n) is 7.54. The van der Waals surface area contributed by atoms with Crippen LogP contribution < -0.4 is 4.74 Å². The van der Waals surface area contributed by atoms with Gasteiger partial charge in [-0.15, -0.1) is 0 Å². The molecule has 1 aromatic carbocycles. The van der Waals surface area contributed by atoms with Crippen molar-refractivity contribution in [2.24, 2.45) is 35.5 Å². The number of carbonyl (C=O) groups excluding carboxylic acids is 1. The molecule has 0 aliphatic heterocycles. The van der Waals surface area contributed by atoms with E-state index in [1.54, 1.807) is 0 Å². The van der Waals surface area contributed by atoms with Gasteiger partial charge in [-0.2, -0.15) is 13.2 Å². The number of aromatic carboxylic acids is 1. The lowest BCUT2D eigenvalue weighted by Gasteiger charge is -2.45. The first-order chi connectivity index (χ1) is 14.6. The van der Waals surface area contributed by atoms with Gasteiger partial charge in [-0.1, -0.05) is 6.92 Å². The second kappa shape index (κ2) is 6.87. The maximum absolute atomic E-state index is 13.4. The van der Waals surface area contributed by atoms with Crippen LogP contribution in [0.3, 0.4) is 0 Å². The van der Waals surface area contributed by atoms with Gasteiger partial charge >= 0.3 is 18.3 Å². The van der Waals surface area contributed by atoms with E-state index < -0.39 is 40.8 Å². The normalized spacial score (nSPS) is 37.7. The van der Waals surface area contributed by atoms with Crippen molar-refractivity contribution in [2.75, 3.05) is 0 Å². The summed E-state index contributed by atoms with van der Waals surface area (Å²) in [5.74, 6) is 1.15. The van der Waals surface area contributed by atoms with Crippen LogP contribution >= 0.6 is 0 Å². The predicted molar refractivity (Wildman–Crippen MR) is 103 cm³/mol. The molecule has 4 fully saturated rings. The lowest BCUT2D eigenvalue weighted by molar-refractivity contribution is -0.139. The van der Waals surface area contributed by atoms with Crippen LogP contribution in [0.4, 0.5) is 18.0 Å². The van der Waals surface area contributed by atoms with E-state index in [9.17, 15) is 22.8 Å². The van der Waals surface area contributed by atoms with Crippen molar-refractivity contribution in [1.29, 1.82) is 0 Å². The van der Waals surface area contributed by atoms with Crippen LogP contribution in [0.15, 0.2) is 18.2 Å². The molecule has 0 spiro atoms. The highest BCUT2D eigenvalue weighted by molar-refractivity contribution is 5.88. The number of hydrogen-bond acceptors (Lipinski definition) is 4. The minimum absolute atomic E-state index is 0.225. The third-order valence-corrected chi connectivity index (χ3v) is 8.51. The Balaban J connectivity index is 1.37. The molecule has 0 heterocycles. The maximum atomic E-state index is 13.4. The molecule has 31 heavy (non-hydrogen) atoms. The zero-order chi connectivity index (χ0) is 22.1. The Kier molecular flexibility index (Phi) is 4.58. The molecular formula is C23H25F3O5. The van der Waals surface area contributed by atoms with Crippen molar-refractivity contribution in [1.82, 2.24) is 0 Å². The fourth-order valence-corrected chi connectivity index (χ4v) is 7.54. The number of carbonyl (C=O) groups is 2. The number of alkyl halides is 3. The molecule has 4 aliphatic rings. The Morgan fingerprint density at radius 2 is 1.84 bits per heavy atom. The van der Waals surface area contributed by atoms with Crippen molar-refractivity contribution in [3.63, 3.8) is 0 Å². The van der Waals surface area contributed by atoms with E-state index in [4.69, 9.17) is 14.6 Å². The first kappa shape index (κ1) is 20.6. The summed E-state index contributed by atoms with van der Waals surface area (Å²) in [7, 11) is 0. The lowest BCUT2D eigenvalue weighted by Crippen LogP contribution is -2.47.